The van der Waals surface area contributed by atoms with Gasteiger partial charge in [0.25, 0.3) is 5.56 Å². The zero-order valence-corrected chi connectivity index (χ0v) is 11.9. The minimum absolute atomic E-state index is 0.0586. The van der Waals surface area contributed by atoms with Crippen LogP contribution in [0, 0.1) is 0 Å². The van der Waals surface area contributed by atoms with Crippen LogP contribution in [0.15, 0.2) is 46.3 Å². The van der Waals surface area contributed by atoms with Gasteiger partial charge >= 0.3 is 0 Å². The molecule has 0 fully saturated rings. The van der Waals surface area contributed by atoms with Crippen molar-refractivity contribution in [1.82, 2.24) is 9.97 Å². The Hall–Kier alpha value is -1.55. The molecule has 1 aromatic heterocycles. The van der Waals surface area contributed by atoms with Crippen LogP contribution in [0.5, 0.6) is 0 Å². The normalized spacial score (nSPS) is 10.6. The van der Waals surface area contributed by atoms with E-state index in [1.165, 1.54) is 5.56 Å². The zero-order chi connectivity index (χ0) is 13.5. The van der Waals surface area contributed by atoms with Crippen molar-refractivity contribution in [3.05, 3.63) is 58.0 Å². The molecule has 0 spiro atoms. The highest BCUT2D eigenvalue weighted by molar-refractivity contribution is 7.98. The smallest absolute Gasteiger partial charge is 0.251 e. The Morgan fingerprint density at radius 2 is 2.05 bits per heavy atom. The van der Waals surface area contributed by atoms with Gasteiger partial charge in [-0.15, -0.1) is 0 Å². The molecular formula is C15H18N2OS. The minimum Gasteiger partial charge on any atom is -0.301 e. The number of thioether (sulfide) groups is 1. The molecule has 0 bridgehead atoms. The first-order valence-electron chi connectivity index (χ1n) is 6.55. The molecule has 0 unspecified atom stereocenters. The number of hydrogen-bond donors (Lipinski definition) is 1. The van der Waals surface area contributed by atoms with E-state index in [4.69, 9.17) is 0 Å². The molecule has 0 saturated carbocycles. The van der Waals surface area contributed by atoms with Crippen molar-refractivity contribution >= 4 is 11.8 Å². The Balaban J connectivity index is 2.03. The predicted octanol–water partition coefficient (Wildman–Crippen LogP) is 3.40. The second kappa shape index (κ2) is 7.14. The van der Waals surface area contributed by atoms with Gasteiger partial charge in [0.2, 0.25) is 0 Å². The molecule has 19 heavy (non-hydrogen) atoms. The van der Waals surface area contributed by atoms with Gasteiger partial charge in [0, 0.05) is 17.5 Å². The summed E-state index contributed by atoms with van der Waals surface area (Å²) < 4.78 is 0. The quantitative estimate of drug-likeness (QED) is 0.648. The second-order valence-electron chi connectivity index (χ2n) is 4.42. The lowest BCUT2D eigenvalue weighted by molar-refractivity contribution is 0.752. The maximum absolute atomic E-state index is 11.6. The highest BCUT2D eigenvalue weighted by Crippen LogP contribution is 2.18. The number of aromatic nitrogens is 2. The third kappa shape index (κ3) is 4.56. The van der Waals surface area contributed by atoms with Crippen molar-refractivity contribution in [1.29, 1.82) is 0 Å². The molecule has 0 radical (unpaired) electrons. The van der Waals surface area contributed by atoms with E-state index < -0.39 is 0 Å². The van der Waals surface area contributed by atoms with E-state index in [0.29, 0.717) is 5.16 Å². The van der Waals surface area contributed by atoms with Crippen LogP contribution in [-0.2, 0) is 12.2 Å². The Labute approximate surface area is 117 Å². The summed E-state index contributed by atoms with van der Waals surface area (Å²) in [5.41, 5.74) is 2.06. The lowest BCUT2D eigenvalue weighted by Crippen LogP contribution is -2.10. The van der Waals surface area contributed by atoms with Crippen molar-refractivity contribution in [3.8, 4) is 0 Å². The number of rotatable bonds is 6. The topological polar surface area (TPSA) is 45.8 Å². The Bertz CT molecular complexity index is 566. The third-order valence-electron chi connectivity index (χ3n) is 2.78. The fraction of sp³-hybridized carbons (Fsp3) is 0.333. The van der Waals surface area contributed by atoms with Crippen LogP contribution < -0.4 is 5.56 Å². The molecule has 2 aromatic rings. The fourth-order valence-electron chi connectivity index (χ4n) is 1.76. The largest absolute Gasteiger partial charge is 0.301 e. The van der Waals surface area contributed by atoms with Crippen molar-refractivity contribution in [2.75, 3.05) is 0 Å². The Kier molecular flexibility index (Phi) is 5.21. The molecule has 1 N–H and O–H groups in total. The number of nitrogens with one attached hydrogen (secondary N) is 1. The first kappa shape index (κ1) is 13.9. The summed E-state index contributed by atoms with van der Waals surface area (Å²) in [5.74, 6) is 0.820. The van der Waals surface area contributed by atoms with Gasteiger partial charge in [-0.2, -0.15) is 0 Å². The number of nitrogens with zero attached hydrogens (tertiary/aromatic N) is 1. The molecule has 2 rings (SSSR count). The monoisotopic (exact) mass is 274 g/mol. The van der Waals surface area contributed by atoms with E-state index in [1.807, 2.05) is 18.2 Å². The zero-order valence-electron chi connectivity index (χ0n) is 11.1. The molecule has 0 aliphatic rings. The number of aryl methyl sites for hydroxylation is 1. The number of unbranched alkanes of at least 4 members (excludes halogenated alkanes) is 1. The summed E-state index contributed by atoms with van der Waals surface area (Å²) in [7, 11) is 0. The van der Waals surface area contributed by atoms with E-state index in [0.717, 1.165) is 30.7 Å². The van der Waals surface area contributed by atoms with Crippen molar-refractivity contribution in [3.63, 3.8) is 0 Å². The highest BCUT2D eigenvalue weighted by atomic mass is 32.2. The van der Waals surface area contributed by atoms with Gasteiger partial charge in [-0.05, 0) is 18.4 Å². The Morgan fingerprint density at radius 3 is 2.79 bits per heavy atom. The minimum atomic E-state index is -0.0586. The van der Waals surface area contributed by atoms with Crippen molar-refractivity contribution < 1.29 is 0 Å². The summed E-state index contributed by atoms with van der Waals surface area (Å²) in [4.78, 5) is 18.9. The van der Waals surface area contributed by atoms with Gasteiger partial charge in [-0.3, -0.25) is 4.79 Å². The van der Waals surface area contributed by atoms with E-state index in [1.54, 1.807) is 17.8 Å². The summed E-state index contributed by atoms with van der Waals surface area (Å²) in [5, 5.41) is 0.711. The first-order valence-corrected chi connectivity index (χ1v) is 7.53. The van der Waals surface area contributed by atoms with Gasteiger partial charge in [0.05, 0.1) is 0 Å². The maximum Gasteiger partial charge on any atom is 0.251 e. The molecule has 0 saturated heterocycles. The molecule has 3 nitrogen and oxygen atoms in total. The van der Waals surface area contributed by atoms with Crippen LogP contribution in [-0.4, -0.2) is 9.97 Å². The van der Waals surface area contributed by atoms with E-state index in [-0.39, 0.29) is 5.56 Å². The lowest BCUT2D eigenvalue weighted by atomic mass is 10.2. The molecule has 0 amide bonds. The molecular weight excluding hydrogens is 256 g/mol. The van der Waals surface area contributed by atoms with Crippen LogP contribution in [0.3, 0.4) is 0 Å². The van der Waals surface area contributed by atoms with Crippen LogP contribution in [0.25, 0.3) is 0 Å². The van der Waals surface area contributed by atoms with Gasteiger partial charge in [-0.25, -0.2) is 4.98 Å². The van der Waals surface area contributed by atoms with Crippen molar-refractivity contribution in [2.24, 2.45) is 0 Å². The van der Waals surface area contributed by atoms with Gasteiger partial charge < -0.3 is 4.98 Å². The summed E-state index contributed by atoms with van der Waals surface area (Å²) in [6.07, 6.45) is 3.06. The van der Waals surface area contributed by atoms with Gasteiger partial charge in [0.1, 0.15) is 0 Å². The standard InChI is InChI=1S/C15H18N2OS/c1-2-3-9-13-10-14(18)17-15(16-13)19-11-12-7-5-4-6-8-12/h4-8,10H,2-3,9,11H2,1H3,(H,16,17,18). The highest BCUT2D eigenvalue weighted by Gasteiger charge is 2.02. The Morgan fingerprint density at radius 1 is 1.26 bits per heavy atom. The molecule has 0 aliphatic carbocycles. The average Bonchev–Trinajstić information content (AvgIpc) is 2.43. The predicted molar refractivity (Wildman–Crippen MR) is 79.5 cm³/mol. The lowest BCUT2D eigenvalue weighted by Gasteiger charge is -2.04. The van der Waals surface area contributed by atoms with E-state index in [9.17, 15) is 4.79 Å². The third-order valence-corrected chi connectivity index (χ3v) is 3.72. The molecule has 0 atom stereocenters. The second-order valence-corrected chi connectivity index (χ2v) is 5.38. The van der Waals surface area contributed by atoms with Crippen LogP contribution in [0.4, 0.5) is 0 Å². The van der Waals surface area contributed by atoms with E-state index in [2.05, 4.69) is 29.0 Å². The van der Waals surface area contributed by atoms with Crippen LogP contribution in [0.1, 0.15) is 31.0 Å². The SMILES string of the molecule is CCCCc1cc(=O)[nH]c(SCc2ccccc2)n1. The first-order chi connectivity index (χ1) is 9.28. The van der Waals surface area contributed by atoms with Crippen LogP contribution >= 0.6 is 11.8 Å². The molecule has 100 valence electrons. The maximum atomic E-state index is 11.6. The number of hydrogen-bond acceptors (Lipinski definition) is 3. The average molecular weight is 274 g/mol. The summed E-state index contributed by atoms with van der Waals surface area (Å²) >= 11 is 1.57. The van der Waals surface area contributed by atoms with E-state index >= 15 is 0 Å². The molecule has 4 heteroatoms. The molecule has 1 aromatic carbocycles. The number of aromatic amines is 1. The summed E-state index contributed by atoms with van der Waals surface area (Å²) in [6.45, 7) is 2.14. The van der Waals surface area contributed by atoms with Crippen molar-refractivity contribution in [2.45, 2.75) is 37.1 Å². The number of H-pyrrole nitrogens is 1. The molecule has 0 aliphatic heterocycles. The molecule has 1 heterocycles. The summed E-state index contributed by atoms with van der Waals surface area (Å²) in [6, 6.07) is 11.8. The van der Waals surface area contributed by atoms with Crippen LogP contribution in [0.2, 0.25) is 0 Å². The van der Waals surface area contributed by atoms with Gasteiger partial charge in [0.15, 0.2) is 5.16 Å². The fourth-order valence-corrected chi connectivity index (χ4v) is 2.61. The van der Waals surface area contributed by atoms with Gasteiger partial charge in [-0.1, -0.05) is 55.4 Å². The number of benzene rings is 1.